The molecule has 100 valence electrons. The fourth-order valence-electron chi connectivity index (χ4n) is 1.94. The van der Waals surface area contributed by atoms with Crippen LogP contribution >= 0.6 is 0 Å². The number of unbranched alkanes of at least 4 members (excludes halogenated alkanes) is 1. The zero-order chi connectivity index (χ0) is 12.8. The molecule has 0 saturated carbocycles. The van der Waals surface area contributed by atoms with Gasteiger partial charge in [-0.15, -0.1) is 0 Å². The van der Waals surface area contributed by atoms with Crippen molar-refractivity contribution in [3.63, 3.8) is 0 Å². The van der Waals surface area contributed by atoms with Crippen molar-refractivity contribution >= 4 is 6.03 Å². The first kappa shape index (κ1) is 14.2. The van der Waals surface area contributed by atoms with Gasteiger partial charge in [-0.1, -0.05) is 13.3 Å². The van der Waals surface area contributed by atoms with Crippen LogP contribution in [0.3, 0.4) is 0 Å². The highest BCUT2D eigenvalue weighted by atomic mass is 19.3. The first-order chi connectivity index (χ1) is 8.04. The third kappa shape index (κ3) is 4.46. The normalized spacial score (nSPS) is 25.1. The van der Waals surface area contributed by atoms with Gasteiger partial charge in [0.05, 0.1) is 6.10 Å². The second-order valence-corrected chi connectivity index (χ2v) is 4.47. The molecular formula is C11H20F2N2O2. The second-order valence-electron chi connectivity index (χ2n) is 4.47. The summed E-state index contributed by atoms with van der Waals surface area (Å²) in [6, 6.07) is -0.358. The molecule has 17 heavy (non-hydrogen) atoms. The standard InChI is InChI=1S/C11H20F2N2O2/c1-2-3-4-14-11(17)15-6-8(10(12)13)5-9(16)7-15/h8-10,16H,2-7H2,1H3,(H,14,17). The molecule has 1 fully saturated rings. The molecule has 1 aliphatic heterocycles. The molecule has 2 atom stereocenters. The number of β-amino-alcohol motifs (C(OH)–C–C–N with tert-alkyl or cyclic N) is 1. The van der Waals surface area contributed by atoms with E-state index in [4.69, 9.17) is 0 Å². The number of halogens is 2. The number of piperidine rings is 1. The number of nitrogens with one attached hydrogen (secondary N) is 1. The summed E-state index contributed by atoms with van der Waals surface area (Å²) in [4.78, 5) is 12.9. The minimum Gasteiger partial charge on any atom is -0.391 e. The zero-order valence-corrected chi connectivity index (χ0v) is 10.0. The number of likely N-dealkylation sites (tertiary alicyclic amines) is 1. The van der Waals surface area contributed by atoms with E-state index in [2.05, 4.69) is 5.32 Å². The predicted octanol–water partition coefficient (Wildman–Crippen LogP) is 1.44. The molecule has 0 aromatic rings. The molecule has 0 aliphatic carbocycles. The maximum absolute atomic E-state index is 12.6. The number of hydrogen-bond acceptors (Lipinski definition) is 2. The van der Waals surface area contributed by atoms with Gasteiger partial charge >= 0.3 is 6.03 Å². The van der Waals surface area contributed by atoms with Gasteiger partial charge in [-0.05, 0) is 12.8 Å². The lowest BCUT2D eigenvalue weighted by Crippen LogP contribution is -2.51. The highest BCUT2D eigenvalue weighted by molar-refractivity contribution is 5.74. The van der Waals surface area contributed by atoms with Crippen LogP contribution in [0, 0.1) is 5.92 Å². The number of nitrogens with zero attached hydrogens (tertiary/aromatic N) is 1. The SMILES string of the molecule is CCCCNC(=O)N1CC(O)CC(C(F)F)C1. The van der Waals surface area contributed by atoms with Crippen LogP contribution in [-0.4, -0.2) is 48.2 Å². The molecule has 1 aliphatic rings. The topological polar surface area (TPSA) is 52.6 Å². The van der Waals surface area contributed by atoms with Gasteiger partial charge < -0.3 is 15.3 Å². The number of hydrogen-bond donors (Lipinski definition) is 2. The molecule has 6 heteroatoms. The molecule has 1 heterocycles. The first-order valence-electron chi connectivity index (χ1n) is 6.03. The number of alkyl halides is 2. The molecule has 0 radical (unpaired) electrons. The Morgan fingerprint density at radius 1 is 1.53 bits per heavy atom. The van der Waals surface area contributed by atoms with Gasteiger partial charge in [0.25, 0.3) is 0 Å². The lowest BCUT2D eigenvalue weighted by atomic mass is 9.97. The van der Waals surface area contributed by atoms with Crippen LogP contribution in [0.15, 0.2) is 0 Å². The molecule has 4 nitrogen and oxygen atoms in total. The Labute approximate surface area is 100.0 Å². The smallest absolute Gasteiger partial charge is 0.317 e. The highest BCUT2D eigenvalue weighted by Gasteiger charge is 2.33. The van der Waals surface area contributed by atoms with Crippen LogP contribution in [0.4, 0.5) is 13.6 Å². The fraction of sp³-hybridized carbons (Fsp3) is 0.909. The van der Waals surface area contributed by atoms with Gasteiger partial charge in [-0.25, -0.2) is 13.6 Å². The quantitative estimate of drug-likeness (QED) is 0.742. The third-order valence-electron chi connectivity index (χ3n) is 2.91. The predicted molar refractivity (Wildman–Crippen MR) is 60.0 cm³/mol. The maximum Gasteiger partial charge on any atom is 0.317 e. The van der Waals surface area contributed by atoms with E-state index in [1.54, 1.807) is 0 Å². The first-order valence-corrected chi connectivity index (χ1v) is 6.03. The second kappa shape index (κ2) is 6.74. The number of urea groups is 1. The Morgan fingerprint density at radius 2 is 2.24 bits per heavy atom. The summed E-state index contributed by atoms with van der Waals surface area (Å²) in [5.41, 5.74) is 0. The van der Waals surface area contributed by atoms with Gasteiger partial charge in [-0.3, -0.25) is 0 Å². The van der Waals surface area contributed by atoms with Crippen molar-refractivity contribution in [3.05, 3.63) is 0 Å². The van der Waals surface area contributed by atoms with E-state index in [0.29, 0.717) is 6.54 Å². The number of amides is 2. The molecule has 0 aromatic heterocycles. The maximum atomic E-state index is 12.6. The van der Waals surface area contributed by atoms with Crippen molar-refractivity contribution in [1.82, 2.24) is 10.2 Å². The summed E-state index contributed by atoms with van der Waals surface area (Å²) in [6.45, 7) is 2.71. The Balaban J connectivity index is 2.43. The van der Waals surface area contributed by atoms with E-state index in [0.717, 1.165) is 12.8 Å². The molecule has 1 saturated heterocycles. The Kier molecular flexibility index (Phi) is 5.61. The van der Waals surface area contributed by atoms with Crippen molar-refractivity contribution in [2.75, 3.05) is 19.6 Å². The Morgan fingerprint density at radius 3 is 2.82 bits per heavy atom. The molecule has 2 N–H and O–H groups in total. The Hall–Kier alpha value is -0.910. The van der Waals surface area contributed by atoms with Crippen LogP contribution in [-0.2, 0) is 0 Å². The number of carbonyl (C=O) groups is 1. The van der Waals surface area contributed by atoms with Crippen LogP contribution in [0.1, 0.15) is 26.2 Å². The minimum absolute atomic E-state index is 0.0205. The summed E-state index contributed by atoms with van der Waals surface area (Å²) < 4.78 is 25.1. The number of carbonyl (C=O) groups excluding carboxylic acids is 1. The highest BCUT2D eigenvalue weighted by Crippen LogP contribution is 2.22. The zero-order valence-electron chi connectivity index (χ0n) is 10.0. The summed E-state index contributed by atoms with van der Waals surface area (Å²) in [5.74, 6) is -0.921. The Bertz CT molecular complexity index is 252. The number of rotatable bonds is 4. The van der Waals surface area contributed by atoms with E-state index in [9.17, 15) is 18.7 Å². The minimum atomic E-state index is -2.49. The molecular weight excluding hydrogens is 230 g/mol. The monoisotopic (exact) mass is 250 g/mol. The molecule has 2 amide bonds. The summed E-state index contributed by atoms with van der Waals surface area (Å²) in [6.07, 6.45) is -1.45. The van der Waals surface area contributed by atoms with E-state index >= 15 is 0 Å². The molecule has 0 spiro atoms. The van der Waals surface area contributed by atoms with Crippen molar-refractivity contribution < 1.29 is 18.7 Å². The number of aliphatic hydroxyl groups is 1. The molecule has 2 unspecified atom stereocenters. The average molecular weight is 250 g/mol. The van der Waals surface area contributed by atoms with Gasteiger partial charge in [0.1, 0.15) is 0 Å². The van der Waals surface area contributed by atoms with Crippen molar-refractivity contribution in [1.29, 1.82) is 0 Å². The van der Waals surface area contributed by atoms with Gasteiger partial charge in [0, 0.05) is 25.6 Å². The van der Waals surface area contributed by atoms with E-state index < -0.39 is 18.4 Å². The average Bonchev–Trinajstić information content (AvgIpc) is 2.28. The summed E-state index contributed by atoms with van der Waals surface area (Å²) in [5, 5.41) is 12.1. The third-order valence-corrected chi connectivity index (χ3v) is 2.91. The van der Waals surface area contributed by atoms with Crippen LogP contribution in [0.5, 0.6) is 0 Å². The lowest BCUT2D eigenvalue weighted by Gasteiger charge is -2.35. The van der Waals surface area contributed by atoms with E-state index in [1.807, 2.05) is 6.92 Å². The van der Waals surface area contributed by atoms with Crippen molar-refractivity contribution in [3.8, 4) is 0 Å². The molecule has 0 aromatic carbocycles. The van der Waals surface area contributed by atoms with E-state index in [1.165, 1.54) is 4.90 Å². The van der Waals surface area contributed by atoms with Gasteiger partial charge in [0.15, 0.2) is 0 Å². The van der Waals surface area contributed by atoms with Crippen LogP contribution < -0.4 is 5.32 Å². The summed E-state index contributed by atoms with van der Waals surface area (Å²) >= 11 is 0. The fourth-order valence-corrected chi connectivity index (χ4v) is 1.94. The van der Waals surface area contributed by atoms with Gasteiger partial charge in [-0.2, -0.15) is 0 Å². The van der Waals surface area contributed by atoms with Crippen molar-refractivity contribution in [2.24, 2.45) is 5.92 Å². The van der Waals surface area contributed by atoms with Crippen LogP contribution in [0.25, 0.3) is 0 Å². The largest absolute Gasteiger partial charge is 0.391 e. The number of aliphatic hydroxyl groups excluding tert-OH is 1. The van der Waals surface area contributed by atoms with Crippen LogP contribution in [0.2, 0.25) is 0 Å². The van der Waals surface area contributed by atoms with Gasteiger partial charge in [0.2, 0.25) is 6.43 Å². The lowest BCUT2D eigenvalue weighted by molar-refractivity contribution is -0.0130. The summed E-state index contributed by atoms with van der Waals surface area (Å²) in [7, 11) is 0. The van der Waals surface area contributed by atoms with Crippen molar-refractivity contribution in [2.45, 2.75) is 38.7 Å². The molecule has 1 rings (SSSR count). The van der Waals surface area contributed by atoms with E-state index in [-0.39, 0.29) is 25.5 Å². The molecule has 0 bridgehead atoms.